The molecule has 1 aromatic rings. The lowest BCUT2D eigenvalue weighted by Gasteiger charge is -2.28. The van der Waals surface area contributed by atoms with E-state index in [0.29, 0.717) is 19.5 Å². The number of aliphatic hydroxyl groups excluding tert-OH is 1. The molecule has 0 aliphatic rings. The van der Waals surface area contributed by atoms with Crippen molar-refractivity contribution in [1.82, 2.24) is 9.80 Å². The van der Waals surface area contributed by atoms with E-state index in [1.807, 2.05) is 31.3 Å². The Morgan fingerprint density at radius 2 is 2.00 bits per heavy atom. The van der Waals surface area contributed by atoms with Gasteiger partial charge in [0.1, 0.15) is 0 Å². The van der Waals surface area contributed by atoms with Crippen LogP contribution in [0.5, 0.6) is 0 Å². The van der Waals surface area contributed by atoms with Gasteiger partial charge in [-0.25, -0.2) is 0 Å². The van der Waals surface area contributed by atoms with Crippen molar-refractivity contribution in [3.63, 3.8) is 0 Å². The molecular weight excluding hydrogens is 332 g/mol. The number of nitrogens with zero attached hydrogens (tertiary/aromatic N) is 2. The second-order valence-corrected chi connectivity index (χ2v) is 6.34. The fraction of sp³-hybridized carbons (Fsp3) is 0.562. The Kier molecular flexibility index (Phi) is 7.93. The molecule has 0 radical (unpaired) electrons. The van der Waals surface area contributed by atoms with Crippen LogP contribution in [0.25, 0.3) is 0 Å². The zero-order valence-electron chi connectivity index (χ0n) is 13.1. The van der Waals surface area contributed by atoms with Gasteiger partial charge in [-0.05, 0) is 31.9 Å². The maximum absolute atomic E-state index is 12.3. The Morgan fingerprint density at radius 1 is 1.33 bits per heavy atom. The normalized spacial score (nSPS) is 11.2. The standard InChI is InChI=1S/C16H25BrN2O2/c1-13(2)19(9-6-10-20)12-16(21)18(3)11-14-7-4-5-8-15(14)17/h4-5,7-8,13,20H,6,9-12H2,1-3H3. The van der Waals surface area contributed by atoms with Crippen LogP contribution in [0.4, 0.5) is 0 Å². The lowest BCUT2D eigenvalue weighted by molar-refractivity contribution is -0.132. The summed E-state index contributed by atoms with van der Waals surface area (Å²) < 4.78 is 1.02. The monoisotopic (exact) mass is 356 g/mol. The van der Waals surface area contributed by atoms with Crippen molar-refractivity contribution >= 4 is 21.8 Å². The van der Waals surface area contributed by atoms with Crippen LogP contribution in [0.1, 0.15) is 25.8 Å². The average Bonchev–Trinajstić information content (AvgIpc) is 2.45. The number of aliphatic hydroxyl groups is 1. The molecule has 0 aliphatic heterocycles. The lowest BCUT2D eigenvalue weighted by Crippen LogP contribution is -2.42. The number of likely N-dealkylation sites (N-methyl/N-ethyl adjacent to an activating group) is 1. The van der Waals surface area contributed by atoms with E-state index in [2.05, 4.69) is 34.7 Å². The second-order valence-electron chi connectivity index (χ2n) is 5.48. The fourth-order valence-corrected chi connectivity index (χ4v) is 2.47. The molecule has 0 saturated carbocycles. The minimum atomic E-state index is 0.0948. The van der Waals surface area contributed by atoms with Crippen molar-refractivity contribution in [2.45, 2.75) is 32.9 Å². The van der Waals surface area contributed by atoms with Crippen LogP contribution < -0.4 is 0 Å². The third-order valence-corrected chi connectivity index (χ3v) is 4.24. The quantitative estimate of drug-likeness (QED) is 0.778. The van der Waals surface area contributed by atoms with Gasteiger partial charge in [-0.3, -0.25) is 9.69 Å². The highest BCUT2D eigenvalue weighted by molar-refractivity contribution is 9.10. The molecule has 0 spiro atoms. The molecule has 0 atom stereocenters. The third-order valence-electron chi connectivity index (χ3n) is 3.46. The van der Waals surface area contributed by atoms with Crippen molar-refractivity contribution in [1.29, 1.82) is 0 Å². The summed E-state index contributed by atoms with van der Waals surface area (Å²) in [6, 6.07) is 8.22. The van der Waals surface area contributed by atoms with Crippen molar-refractivity contribution in [3.05, 3.63) is 34.3 Å². The van der Waals surface area contributed by atoms with Crippen LogP contribution in [0, 0.1) is 0 Å². The number of rotatable bonds is 8. The third kappa shape index (κ3) is 6.16. The Hall–Kier alpha value is -0.910. The molecular formula is C16H25BrN2O2. The molecule has 0 bridgehead atoms. The summed E-state index contributed by atoms with van der Waals surface area (Å²) in [6.45, 7) is 6.01. The van der Waals surface area contributed by atoms with Crippen LogP contribution in [0.2, 0.25) is 0 Å². The first kappa shape index (κ1) is 18.1. The first-order valence-electron chi connectivity index (χ1n) is 7.28. The van der Waals surface area contributed by atoms with Gasteiger partial charge in [-0.15, -0.1) is 0 Å². The Balaban J connectivity index is 2.59. The van der Waals surface area contributed by atoms with Crippen LogP contribution in [0.3, 0.4) is 0 Å². The molecule has 0 saturated heterocycles. The zero-order chi connectivity index (χ0) is 15.8. The first-order chi connectivity index (χ1) is 9.95. The molecule has 0 aromatic heterocycles. The molecule has 0 unspecified atom stereocenters. The Bertz CT molecular complexity index is 452. The van der Waals surface area contributed by atoms with E-state index in [1.54, 1.807) is 4.90 Å². The van der Waals surface area contributed by atoms with E-state index in [4.69, 9.17) is 5.11 Å². The predicted octanol–water partition coefficient (Wildman–Crippen LogP) is 2.50. The molecule has 1 amide bonds. The molecule has 1 N–H and O–H groups in total. The number of hydrogen-bond donors (Lipinski definition) is 1. The highest BCUT2D eigenvalue weighted by Crippen LogP contribution is 2.17. The summed E-state index contributed by atoms with van der Waals surface area (Å²) in [7, 11) is 1.83. The highest BCUT2D eigenvalue weighted by atomic mass is 79.9. The first-order valence-corrected chi connectivity index (χ1v) is 8.07. The number of carbonyl (C=O) groups excluding carboxylic acids is 1. The molecule has 5 heteroatoms. The zero-order valence-corrected chi connectivity index (χ0v) is 14.6. The number of amides is 1. The van der Waals surface area contributed by atoms with Gasteiger partial charge in [0.2, 0.25) is 5.91 Å². The SMILES string of the molecule is CC(C)N(CCCO)CC(=O)N(C)Cc1ccccc1Br. The molecule has 118 valence electrons. The van der Waals surface area contributed by atoms with Gasteiger partial charge in [0.05, 0.1) is 6.54 Å². The topological polar surface area (TPSA) is 43.8 Å². The van der Waals surface area contributed by atoms with Gasteiger partial charge in [0, 0.05) is 37.3 Å². The predicted molar refractivity (Wildman–Crippen MR) is 89.0 cm³/mol. The molecule has 0 fully saturated rings. The van der Waals surface area contributed by atoms with Crippen molar-refractivity contribution in [3.8, 4) is 0 Å². The van der Waals surface area contributed by atoms with Crippen LogP contribution >= 0.6 is 15.9 Å². The van der Waals surface area contributed by atoms with Gasteiger partial charge >= 0.3 is 0 Å². The van der Waals surface area contributed by atoms with Gasteiger partial charge in [-0.1, -0.05) is 34.1 Å². The molecule has 21 heavy (non-hydrogen) atoms. The van der Waals surface area contributed by atoms with E-state index in [-0.39, 0.29) is 18.6 Å². The second kappa shape index (κ2) is 9.18. The summed E-state index contributed by atoms with van der Waals surface area (Å²) in [5, 5.41) is 8.94. The summed E-state index contributed by atoms with van der Waals surface area (Å²) in [5.74, 6) is 0.0948. The van der Waals surface area contributed by atoms with E-state index in [1.165, 1.54) is 0 Å². The summed E-state index contributed by atoms with van der Waals surface area (Å²) >= 11 is 3.51. The van der Waals surface area contributed by atoms with Gasteiger partial charge in [0.25, 0.3) is 0 Å². The van der Waals surface area contributed by atoms with Gasteiger partial charge in [-0.2, -0.15) is 0 Å². The molecule has 1 aromatic carbocycles. The molecule has 1 rings (SSSR count). The molecule has 0 aliphatic carbocycles. The minimum absolute atomic E-state index is 0.0948. The van der Waals surface area contributed by atoms with Crippen molar-refractivity contribution < 1.29 is 9.90 Å². The minimum Gasteiger partial charge on any atom is -0.396 e. The summed E-state index contributed by atoms with van der Waals surface area (Å²) in [6.07, 6.45) is 0.694. The largest absolute Gasteiger partial charge is 0.396 e. The number of hydrogen-bond acceptors (Lipinski definition) is 3. The van der Waals surface area contributed by atoms with Gasteiger partial charge < -0.3 is 10.0 Å². The average molecular weight is 357 g/mol. The fourth-order valence-electron chi connectivity index (χ4n) is 2.06. The molecule has 0 heterocycles. The maximum atomic E-state index is 12.3. The van der Waals surface area contributed by atoms with E-state index in [0.717, 1.165) is 16.6 Å². The van der Waals surface area contributed by atoms with Crippen LogP contribution in [-0.2, 0) is 11.3 Å². The van der Waals surface area contributed by atoms with E-state index < -0.39 is 0 Å². The van der Waals surface area contributed by atoms with Crippen molar-refractivity contribution in [2.75, 3.05) is 26.7 Å². The maximum Gasteiger partial charge on any atom is 0.236 e. The highest BCUT2D eigenvalue weighted by Gasteiger charge is 2.17. The number of carbonyl (C=O) groups is 1. The van der Waals surface area contributed by atoms with Gasteiger partial charge in [0.15, 0.2) is 0 Å². The summed E-state index contributed by atoms with van der Waals surface area (Å²) in [5.41, 5.74) is 1.10. The smallest absolute Gasteiger partial charge is 0.236 e. The lowest BCUT2D eigenvalue weighted by atomic mass is 10.2. The van der Waals surface area contributed by atoms with Crippen LogP contribution in [0.15, 0.2) is 28.7 Å². The number of halogens is 1. The van der Waals surface area contributed by atoms with Crippen molar-refractivity contribution in [2.24, 2.45) is 0 Å². The number of benzene rings is 1. The summed E-state index contributed by atoms with van der Waals surface area (Å²) in [4.78, 5) is 16.2. The molecule has 4 nitrogen and oxygen atoms in total. The van der Waals surface area contributed by atoms with E-state index in [9.17, 15) is 4.79 Å². The Labute approximate surface area is 135 Å². The Morgan fingerprint density at radius 3 is 2.57 bits per heavy atom. The van der Waals surface area contributed by atoms with Crippen LogP contribution in [-0.4, -0.2) is 53.6 Å². The van der Waals surface area contributed by atoms with E-state index >= 15 is 0 Å².